The summed E-state index contributed by atoms with van der Waals surface area (Å²) in [6.45, 7) is 2.40. The van der Waals surface area contributed by atoms with Gasteiger partial charge in [-0.3, -0.25) is 9.69 Å². The van der Waals surface area contributed by atoms with Crippen molar-refractivity contribution in [3.8, 4) is 11.5 Å². The van der Waals surface area contributed by atoms with Crippen LogP contribution in [0.2, 0.25) is 5.02 Å². The third-order valence-electron chi connectivity index (χ3n) is 3.20. The van der Waals surface area contributed by atoms with Crippen LogP contribution in [0.5, 0.6) is 11.5 Å². The smallest absolute Gasteiger partial charge is 0.326 e. The Morgan fingerprint density at radius 1 is 1.35 bits per heavy atom. The van der Waals surface area contributed by atoms with Gasteiger partial charge in [-0.05, 0) is 6.42 Å². The number of benzene rings is 1. The molecule has 0 aliphatic heterocycles. The quantitative estimate of drug-likeness (QED) is 0.419. The van der Waals surface area contributed by atoms with Gasteiger partial charge in [-0.1, -0.05) is 18.5 Å². The lowest BCUT2D eigenvalue weighted by Crippen LogP contribution is -2.76. The Labute approximate surface area is 139 Å². The lowest BCUT2D eigenvalue weighted by atomic mass is 10.1. The first kappa shape index (κ1) is 19.0. The van der Waals surface area contributed by atoms with Crippen molar-refractivity contribution in [1.82, 2.24) is 9.80 Å². The van der Waals surface area contributed by atoms with Gasteiger partial charge in [0.2, 0.25) is 11.4 Å². The van der Waals surface area contributed by atoms with Gasteiger partial charge in [0.15, 0.2) is 5.75 Å². The van der Waals surface area contributed by atoms with E-state index in [9.17, 15) is 19.8 Å². The topological polar surface area (TPSA) is 107 Å². The van der Waals surface area contributed by atoms with E-state index in [0.717, 1.165) is 22.9 Å². The van der Waals surface area contributed by atoms with Gasteiger partial charge in [0.1, 0.15) is 5.56 Å². The zero-order chi connectivity index (χ0) is 17.7. The Hall–Kier alpha value is -2.03. The third-order valence-corrected chi connectivity index (χ3v) is 3.49. The van der Waals surface area contributed by atoms with Crippen LogP contribution in [-0.4, -0.2) is 59.7 Å². The van der Waals surface area contributed by atoms with Crippen LogP contribution in [0, 0.1) is 0 Å². The summed E-state index contributed by atoms with van der Waals surface area (Å²) >= 11 is 6.01. The van der Waals surface area contributed by atoms with Gasteiger partial charge in [0.25, 0.3) is 5.91 Å². The molecule has 8 nitrogen and oxygen atoms in total. The summed E-state index contributed by atoms with van der Waals surface area (Å²) in [6.07, 6.45) is 0.744. The van der Waals surface area contributed by atoms with E-state index >= 15 is 0 Å². The van der Waals surface area contributed by atoms with E-state index in [2.05, 4.69) is 0 Å². The summed E-state index contributed by atoms with van der Waals surface area (Å²) in [5.74, 6) is -1.77. The Kier molecular flexibility index (Phi) is 6.62. The number of carbonyl (C=O) groups is 2. The number of halogens is 1. The van der Waals surface area contributed by atoms with Gasteiger partial charge < -0.3 is 15.1 Å². The number of phenols is 2. The van der Waals surface area contributed by atoms with E-state index in [-0.39, 0.29) is 16.3 Å². The molecular formula is C14H21ClN3O5+. The highest BCUT2D eigenvalue weighted by atomic mass is 35.5. The average Bonchev–Trinajstić information content (AvgIpc) is 2.50. The Balaban J connectivity index is 3.26. The van der Waals surface area contributed by atoms with Crippen LogP contribution in [0.25, 0.3) is 0 Å². The summed E-state index contributed by atoms with van der Waals surface area (Å²) in [4.78, 5) is 31.9. The number of amides is 3. The Morgan fingerprint density at radius 3 is 2.48 bits per heavy atom. The summed E-state index contributed by atoms with van der Waals surface area (Å²) < 4.78 is 0. The maximum absolute atomic E-state index is 12.6. The lowest BCUT2D eigenvalue weighted by molar-refractivity contribution is -0.830. The summed E-state index contributed by atoms with van der Waals surface area (Å²) in [6, 6.07) is 0.523. The predicted octanol–water partition coefficient (Wildman–Crippen LogP) is 1.04. The number of hydrogen-bond acceptors (Lipinski definition) is 5. The summed E-state index contributed by atoms with van der Waals surface area (Å²) in [5, 5.41) is 19.4. The van der Waals surface area contributed by atoms with E-state index in [4.69, 9.17) is 16.4 Å². The molecule has 0 saturated carbocycles. The minimum Gasteiger partial charge on any atom is -0.504 e. The molecule has 128 valence electrons. The molecule has 0 spiro atoms. The van der Waals surface area contributed by atoms with Crippen molar-refractivity contribution >= 4 is 29.2 Å². The number of carbonyl (C=O) groups excluding carboxylic acids is 2. The van der Waals surface area contributed by atoms with Gasteiger partial charge in [0.05, 0.1) is 12.1 Å². The first-order valence-electron chi connectivity index (χ1n) is 6.89. The molecule has 0 radical (unpaired) electrons. The monoisotopic (exact) mass is 346 g/mol. The van der Waals surface area contributed by atoms with E-state index < -0.39 is 23.4 Å². The van der Waals surface area contributed by atoms with Crippen LogP contribution in [0.3, 0.4) is 0 Å². The fourth-order valence-electron chi connectivity index (χ4n) is 2.04. The first-order chi connectivity index (χ1) is 10.8. The van der Waals surface area contributed by atoms with Gasteiger partial charge in [-0.25, -0.2) is 9.63 Å². The van der Waals surface area contributed by atoms with Crippen LogP contribution in [0.4, 0.5) is 10.5 Å². The van der Waals surface area contributed by atoms with Crippen molar-refractivity contribution in [2.45, 2.75) is 13.3 Å². The van der Waals surface area contributed by atoms with E-state index in [1.54, 1.807) is 7.05 Å². The number of aromatic hydroxyl groups is 2. The van der Waals surface area contributed by atoms with Crippen molar-refractivity contribution < 1.29 is 30.1 Å². The zero-order valence-electron chi connectivity index (χ0n) is 13.5. The van der Waals surface area contributed by atoms with Crippen LogP contribution in [-0.2, 0) is 4.84 Å². The third kappa shape index (κ3) is 4.04. The van der Waals surface area contributed by atoms with Crippen molar-refractivity contribution in [3.05, 3.63) is 16.7 Å². The minimum atomic E-state index is -0.721. The second-order valence-corrected chi connectivity index (χ2v) is 5.34. The van der Waals surface area contributed by atoms with E-state index in [1.165, 1.54) is 19.1 Å². The zero-order valence-corrected chi connectivity index (χ0v) is 14.2. The number of quaternary nitrogens is 1. The molecule has 9 heteroatoms. The maximum Gasteiger partial charge on any atom is 0.326 e. The second-order valence-electron chi connectivity index (χ2n) is 4.94. The van der Waals surface area contributed by atoms with Crippen LogP contribution < -0.4 is 5.48 Å². The molecule has 0 saturated heterocycles. The van der Waals surface area contributed by atoms with Gasteiger partial charge >= 0.3 is 6.03 Å². The molecule has 0 aromatic heterocycles. The van der Waals surface area contributed by atoms with Gasteiger partial charge in [-0.2, -0.15) is 5.48 Å². The highest BCUT2D eigenvalue weighted by Crippen LogP contribution is 2.38. The maximum atomic E-state index is 12.6. The largest absolute Gasteiger partial charge is 0.504 e. The summed E-state index contributed by atoms with van der Waals surface area (Å²) in [5.41, 5.74) is 0.840. The normalized spacial score (nSPS) is 10.5. The van der Waals surface area contributed by atoms with Crippen LogP contribution in [0.1, 0.15) is 23.7 Å². The highest BCUT2D eigenvalue weighted by Gasteiger charge is 2.31. The highest BCUT2D eigenvalue weighted by molar-refractivity contribution is 6.35. The van der Waals surface area contributed by atoms with Crippen molar-refractivity contribution in [2.75, 3.05) is 27.7 Å². The van der Waals surface area contributed by atoms with Crippen molar-refractivity contribution in [1.29, 1.82) is 0 Å². The summed E-state index contributed by atoms with van der Waals surface area (Å²) in [7, 11) is 4.21. The molecule has 1 aromatic carbocycles. The van der Waals surface area contributed by atoms with Gasteiger partial charge in [-0.15, -0.1) is 0 Å². The second kappa shape index (κ2) is 8.00. The van der Waals surface area contributed by atoms with E-state index in [0.29, 0.717) is 6.54 Å². The number of hydrogen-bond donors (Lipinski definition) is 3. The van der Waals surface area contributed by atoms with Crippen LogP contribution in [0.15, 0.2) is 6.07 Å². The molecule has 0 bridgehead atoms. The minimum absolute atomic E-state index is 0.0969. The Bertz CT molecular complexity index is 609. The molecule has 0 aliphatic carbocycles. The number of nitrogens with two attached hydrogens (primary N) is 1. The fourth-order valence-corrected chi connectivity index (χ4v) is 2.32. The molecule has 0 atom stereocenters. The molecule has 3 amide bonds. The number of nitrogens with zero attached hydrogens (tertiary/aromatic N) is 2. The molecule has 4 N–H and O–H groups in total. The van der Waals surface area contributed by atoms with E-state index in [1.807, 2.05) is 6.92 Å². The molecule has 1 rings (SSSR count). The number of rotatable bonds is 5. The van der Waals surface area contributed by atoms with Crippen molar-refractivity contribution in [2.24, 2.45) is 0 Å². The van der Waals surface area contributed by atoms with Crippen molar-refractivity contribution in [3.63, 3.8) is 0 Å². The van der Waals surface area contributed by atoms with Crippen LogP contribution >= 0.6 is 11.6 Å². The number of urea groups is 1. The SMILES string of the molecule is CCCN(C)C(=O)N(C)C(=O)c1c(Cl)cc(O)c(O)c1[NH2+]OC. The average molecular weight is 347 g/mol. The number of phenolic OH excluding ortho intramolecular Hbond substituents is 2. The molecule has 0 fully saturated rings. The standard InChI is InChI=1S/C14H20ClN3O5/c1-5-6-17(2)14(22)18(3)13(21)10-8(15)7-9(19)12(20)11(10)16-23-4/h7,16,19-20H,5-6H2,1-4H3/p+1. The molecule has 0 aliphatic rings. The predicted molar refractivity (Wildman–Crippen MR) is 83.8 cm³/mol. The molecule has 0 heterocycles. The fraction of sp³-hybridized carbons (Fsp3) is 0.429. The number of imide groups is 1. The molecule has 23 heavy (non-hydrogen) atoms. The Morgan fingerprint density at radius 2 is 1.96 bits per heavy atom. The molecular weight excluding hydrogens is 326 g/mol. The first-order valence-corrected chi connectivity index (χ1v) is 7.27. The molecule has 1 aromatic rings. The van der Waals surface area contributed by atoms with Gasteiger partial charge in [0, 0.05) is 26.7 Å². The molecule has 0 unspecified atom stereocenters. The lowest BCUT2D eigenvalue weighted by Gasteiger charge is -2.23.